The van der Waals surface area contributed by atoms with E-state index < -0.39 is 0 Å². The van der Waals surface area contributed by atoms with Crippen molar-refractivity contribution >= 4 is 28.7 Å². The van der Waals surface area contributed by atoms with Crippen LogP contribution in [0.15, 0.2) is 25.0 Å². The Labute approximate surface area is 158 Å². The molecule has 0 saturated carbocycles. The lowest BCUT2D eigenvalue weighted by Gasteiger charge is -2.24. The molecule has 7 heteroatoms. The number of amides is 1. The van der Waals surface area contributed by atoms with Gasteiger partial charge in [-0.1, -0.05) is 20.4 Å². The van der Waals surface area contributed by atoms with E-state index in [-0.39, 0.29) is 17.7 Å². The highest BCUT2D eigenvalue weighted by Gasteiger charge is 2.43. The number of anilines is 1. The number of aromatic nitrogens is 3. The quantitative estimate of drug-likeness (QED) is 0.648. The minimum atomic E-state index is -0.00177. The summed E-state index contributed by atoms with van der Waals surface area (Å²) in [4.78, 5) is 40.9. The van der Waals surface area contributed by atoms with Gasteiger partial charge in [0.15, 0.2) is 11.4 Å². The Morgan fingerprint density at radius 3 is 2.96 bits per heavy atom. The second-order valence-corrected chi connectivity index (χ2v) is 7.91. The van der Waals surface area contributed by atoms with Crippen LogP contribution in [0.2, 0.25) is 0 Å². The van der Waals surface area contributed by atoms with Gasteiger partial charge in [0.2, 0.25) is 5.91 Å². The lowest BCUT2D eigenvalue weighted by atomic mass is 10.0. The Bertz CT molecular complexity index is 903. The van der Waals surface area contributed by atoms with Gasteiger partial charge in [-0.2, -0.15) is 0 Å². The highest BCUT2D eigenvalue weighted by atomic mass is 16.2. The Morgan fingerprint density at radius 1 is 1.41 bits per heavy atom. The van der Waals surface area contributed by atoms with E-state index in [2.05, 4.69) is 21.4 Å². The molecule has 142 valence electrons. The maximum absolute atomic E-state index is 12.5. The first kappa shape index (κ1) is 17.7. The van der Waals surface area contributed by atoms with Gasteiger partial charge in [0.25, 0.3) is 0 Å². The molecule has 0 bridgehead atoms. The first-order chi connectivity index (χ1) is 13.0. The summed E-state index contributed by atoms with van der Waals surface area (Å²) < 4.78 is 0. The summed E-state index contributed by atoms with van der Waals surface area (Å²) in [5.41, 5.74) is 1.87. The fourth-order valence-corrected chi connectivity index (χ4v) is 4.27. The van der Waals surface area contributed by atoms with Crippen LogP contribution in [-0.2, 0) is 4.79 Å². The molecule has 0 aliphatic carbocycles. The Morgan fingerprint density at radius 2 is 2.22 bits per heavy atom. The second kappa shape index (κ2) is 6.79. The molecule has 0 unspecified atom stereocenters. The van der Waals surface area contributed by atoms with Gasteiger partial charge in [-0.15, -0.1) is 0 Å². The van der Waals surface area contributed by atoms with Crippen LogP contribution in [-0.4, -0.2) is 57.2 Å². The minimum Gasteiger partial charge on any atom is -0.353 e. The number of carbonyl (C=O) groups is 2. The second-order valence-electron chi connectivity index (χ2n) is 7.91. The van der Waals surface area contributed by atoms with Crippen LogP contribution in [0.5, 0.6) is 0 Å². The number of ketones is 1. The molecule has 2 aliphatic rings. The van der Waals surface area contributed by atoms with Gasteiger partial charge < -0.3 is 14.8 Å². The zero-order valence-corrected chi connectivity index (χ0v) is 15.8. The van der Waals surface area contributed by atoms with E-state index in [9.17, 15) is 9.59 Å². The third-order valence-electron chi connectivity index (χ3n) is 5.59. The number of aromatic amines is 1. The van der Waals surface area contributed by atoms with Crippen LogP contribution in [0.25, 0.3) is 11.2 Å². The average Bonchev–Trinajstić information content (AvgIpc) is 3.33. The van der Waals surface area contributed by atoms with Crippen LogP contribution < -0.4 is 4.90 Å². The van der Waals surface area contributed by atoms with Gasteiger partial charge in [0, 0.05) is 38.2 Å². The number of hydrogen-bond acceptors (Lipinski definition) is 5. The molecule has 1 amide bonds. The van der Waals surface area contributed by atoms with Gasteiger partial charge in [-0.3, -0.25) is 9.59 Å². The van der Waals surface area contributed by atoms with E-state index >= 15 is 0 Å². The molecule has 0 aromatic carbocycles. The number of carbonyl (C=O) groups excluding carboxylic acids is 2. The molecule has 4 heterocycles. The van der Waals surface area contributed by atoms with Crippen molar-refractivity contribution in [2.45, 2.75) is 32.7 Å². The van der Waals surface area contributed by atoms with Gasteiger partial charge in [0.05, 0.1) is 17.8 Å². The summed E-state index contributed by atoms with van der Waals surface area (Å²) in [6, 6.07) is 0.196. The highest BCUT2D eigenvalue weighted by molar-refractivity contribution is 6.06. The van der Waals surface area contributed by atoms with Crippen LogP contribution in [0.1, 0.15) is 37.0 Å². The van der Waals surface area contributed by atoms with Crippen molar-refractivity contribution in [2.24, 2.45) is 11.8 Å². The van der Waals surface area contributed by atoms with Crippen LogP contribution in [0, 0.1) is 11.8 Å². The molecule has 27 heavy (non-hydrogen) atoms. The molecule has 2 aliphatic heterocycles. The van der Waals surface area contributed by atoms with E-state index in [1.54, 1.807) is 12.4 Å². The van der Waals surface area contributed by atoms with Gasteiger partial charge in [-0.05, 0) is 18.4 Å². The van der Waals surface area contributed by atoms with Crippen molar-refractivity contribution in [1.29, 1.82) is 0 Å². The van der Waals surface area contributed by atoms with Crippen LogP contribution in [0.4, 0.5) is 5.82 Å². The summed E-state index contributed by atoms with van der Waals surface area (Å²) in [5, 5.41) is 0. The van der Waals surface area contributed by atoms with Crippen molar-refractivity contribution in [3.05, 3.63) is 30.6 Å². The zero-order valence-electron chi connectivity index (χ0n) is 15.8. The summed E-state index contributed by atoms with van der Waals surface area (Å²) in [6.45, 7) is 10.1. The predicted octanol–water partition coefficient (Wildman–Crippen LogP) is 2.41. The number of H-pyrrole nitrogens is 1. The molecule has 0 spiro atoms. The molecule has 2 saturated heterocycles. The Balaban J connectivity index is 1.59. The van der Waals surface area contributed by atoms with Crippen molar-refractivity contribution in [2.75, 3.05) is 24.5 Å². The smallest absolute Gasteiger partial charge is 0.246 e. The third-order valence-corrected chi connectivity index (χ3v) is 5.59. The summed E-state index contributed by atoms with van der Waals surface area (Å²) in [5.74, 6) is 1.59. The number of likely N-dealkylation sites (tertiary alicyclic amines) is 1. The molecule has 4 rings (SSSR count). The predicted molar refractivity (Wildman–Crippen MR) is 104 cm³/mol. The largest absolute Gasteiger partial charge is 0.353 e. The number of fused-ring (bicyclic) bond motifs is 2. The zero-order chi connectivity index (χ0) is 19.1. The first-order valence-electron chi connectivity index (χ1n) is 9.53. The molecule has 2 fully saturated rings. The molecule has 1 N–H and O–H groups in total. The van der Waals surface area contributed by atoms with Gasteiger partial charge in [0.1, 0.15) is 11.3 Å². The number of nitrogens with zero attached hydrogens (tertiary/aromatic N) is 4. The Hall–Kier alpha value is -2.70. The molecular formula is C20H25N5O2. The third kappa shape index (κ3) is 3.11. The van der Waals surface area contributed by atoms with Crippen LogP contribution in [0.3, 0.4) is 0 Å². The lowest BCUT2D eigenvalue weighted by Crippen LogP contribution is -2.38. The monoisotopic (exact) mass is 367 g/mol. The number of hydrogen-bond donors (Lipinski definition) is 1. The highest BCUT2D eigenvalue weighted by Crippen LogP contribution is 2.34. The van der Waals surface area contributed by atoms with Crippen molar-refractivity contribution in [3.8, 4) is 0 Å². The molecule has 2 atom stereocenters. The maximum Gasteiger partial charge on any atom is 0.246 e. The van der Waals surface area contributed by atoms with Crippen molar-refractivity contribution in [3.63, 3.8) is 0 Å². The first-order valence-corrected chi connectivity index (χ1v) is 9.53. The number of nitrogens with one attached hydrogen (secondary N) is 1. The molecule has 7 nitrogen and oxygen atoms in total. The topological polar surface area (TPSA) is 82.2 Å². The summed E-state index contributed by atoms with van der Waals surface area (Å²) in [7, 11) is 0. The fraction of sp³-hybridized carbons (Fsp3) is 0.500. The standard InChI is InChI=1S/C20H25N5O2/c1-4-18(27)25-6-5-13-10-24(11-15(13)25)17-9-22-20-19(23-17)14(8-21-20)16(26)7-12(2)3/h4,8-9,12-13,15H,1,5-7,10-11H2,2-3H3,(H,21,22)/t13-,15+/m1/s1. The van der Waals surface area contributed by atoms with E-state index in [0.29, 0.717) is 35.0 Å². The van der Waals surface area contributed by atoms with Crippen molar-refractivity contribution in [1.82, 2.24) is 19.9 Å². The normalized spacial score (nSPS) is 21.9. The number of Topliss-reactive ketones (excluding diaryl/α,β-unsaturated/α-hetero) is 1. The molecule has 2 aromatic rings. The maximum atomic E-state index is 12.5. The van der Waals surface area contributed by atoms with E-state index in [1.807, 2.05) is 18.7 Å². The fourth-order valence-electron chi connectivity index (χ4n) is 4.27. The summed E-state index contributed by atoms with van der Waals surface area (Å²) in [6.07, 6.45) is 6.34. The van der Waals surface area contributed by atoms with Crippen LogP contribution >= 0.6 is 0 Å². The van der Waals surface area contributed by atoms with Gasteiger partial charge in [-0.25, -0.2) is 9.97 Å². The van der Waals surface area contributed by atoms with E-state index in [0.717, 1.165) is 31.9 Å². The molecule has 0 radical (unpaired) electrons. The van der Waals surface area contributed by atoms with Crippen molar-refractivity contribution < 1.29 is 9.59 Å². The lowest BCUT2D eigenvalue weighted by molar-refractivity contribution is -0.126. The van der Waals surface area contributed by atoms with Gasteiger partial charge >= 0.3 is 0 Å². The SMILES string of the molecule is C=CC(=O)N1CC[C@@H]2CN(c3cnc4[nH]cc(C(=O)CC(C)C)c4n3)C[C@@H]21. The van der Waals surface area contributed by atoms with E-state index in [1.165, 1.54) is 6.08 Å². The molecular weight excluding hydrogens is 342 g/mol. The Kier molecular flexibility index (Phi) is 4.45. The summed E-state index contributed by atoms with van der Waals surface area (Å²) >= 11 is 0. The van der Waals surface area contributed by atoms with E-state index in [4.69, 9.17) is 4.98 Å². The molecule has 2 aromatic heterocycles. The average molecular weight is 367 g/mol. The minimum absolute atomic E-state index is 0.00177. The number of rotatable bonds is 5.